The molecule has 2 amide bonds. The average molecular weight is 428 g/mol. The molecule has 0 spiro atoms. The summed E-state index contributed by atoms with van der Waals surface area (Å²) in [7, 11) is 1.41. The van der Waals surface area contributed by atoms with Gasteiger partial charge in [-0.05, 0) is 30.4 Å². The van der Waals surface area contributed by atoms with Crippen LogP contribution in [0.25, 0.3) is 0 Å². The van der Waals surface area contributed by atoms with E-state index in [0.717, 1.165) is 16.0 Å². The summed E-state index contributed by atoms with van der Waals surface area (Å²) in [6.07, 6.45) is 0.0789. The first-order chi connectivity index (χ1) is 15.0. The van der Waals surface area contributed by atoms with E-state index in [2.05, 4.69) is 5.32 Å². The van der Waals surface area contributed by atoms with Crippen LogP contribution in [-0.2, 0) is 27.5 Å². The van der Waals surface area contributed by atoms with Crippen molar-refractivity contribution < 1.29 is 29.0 Å². The van der Waals surface area contributed by atoms with E-state index >= 15 is 0 Å². The van der Waals surface area contributed by atoms with Gasteiger partial charge in [0.25, 0.3) is 0 Å². The first-order valence-electron chi connectivity index (χ1n) is 10.1. The normalized spacial score (nSPS) is 11.3. The molecule has 0 heterocycles. The van der Waals surface area contributed by atoms with Gasteiger partial charge in [0.15, 0.2) is 0 Å². The van der Waals surface area contributed by atoms with Gasteiger partial charge in [0.05, 0.1) is 0 Å². The molecule has 2 rings (SSSR count). The summed E-state index contributed by atoms with van der Waals surface area (Å²) in [5.74, 6) is -1.10. The summed E-state index contributed by atoms with van der Waals surface area (Å²) in [5, 5.41) is 12.1. The monoisotopic (exact) mass is 428 g/mol. The predicted molar refractivity (Wildman–Crippen MR) is 114 cm³/mol. The predicted octanol–water partition coefficient (Wildman–Crippen LogP) is 3.80. The third-order valence-electron chi connectivity index (χ3n) is 4.63. The Morgan fingerprint density at radius 3 is 2.00 bits per heavy atom. The Balaban J connectivity index is 1.66. The molecule has 0 aliphatic carbocycles. The molecule has 2 N–H and O–H groups in total. The number of hydrogen-bond donors (Lipinski definition) is 2. The zero-order valence-corrected chi connectivity index (χ0v) is 17.5. The number of nitrogens with one attached hydrogen (secondary N) is 1. The molecule has 0 aliphatic heterocycles. The van der Waals surface area contributed by atoms with Crippen LogP contribution >= 0.6 is 0 Å². The van der Waals surface area contributed by atoms with E-state index in [-0.39, 0.29) is 19.6 Å². The van der Waals surface area contributed by atoms with Crippen LogP contribution in [-0.4, -0.2) is 47.8 Å². The Morgan fingerprint density at radius 1 is 0.903 bits per heavy atom. The Labute approximate surface area is 181 Å². The molecule has 2 aromatic rings. The lowest BCUT2D eigenvalue weighted by atomic mass is 10.1. The lowest BCUT2D eigenvalue weighted by molar-refractivity contribution is -0.142. The number of nitrogens with zero attached hydrogens (tertiary/aromatic N) is 1. The van der Waals surface area contributed by atoms with E-state index in [1.807, 2.05) is 60.7 Å². The van der Waals surface area contributed by atoms with Crippen molar-refractivity contribution in [2.24, 2.45) is 0 Å². The summed E-state index contributed by atoms with van der Waals surface area (Å²) < 4.78 is 10.3. The molecule has 0 unspecified atom stereocenters. The standard InChI is InChI=1S/C23H28N2O6/c1-25(23(29)31-17-19-12-6-3-7-13-19)20(21(26)27)14-8-9-15-24-22(28)30-16-18-10-4-2-5-11-18/h2-7,10-13,20H,8-9,14-17H2,1H3,(H,24,28)(H,26,27)/t20-/m1/s1. The minimum absolute atomic E-state index is 0.0748. The summed E-state index contributed by atoms with van der Waals surface area (Å²) in [6.45, 7) is 0.608. The average Bonchev–Trinajstić information content (AvgIpc) is 2.79. The Bertz CT molecular complexity index is 828. The van der Waals surface area contributed by atoms with Crippen LogP contribution in [0.5, 0.6) is 0 Å². The number of rotatable bonds is 11. The Morgan fingerprint density at radius 2 is 1.45 bits per heavy atom. The number of likely N-dealkylation sites (N-methyl/N-ethyl adjacent to an activating group) is 1. The lowest BCUT2D eigenvalue weighted by Gasteiger charge is -2.24. The fourth-order valence-electron chi connectivity index (χ4n) is 2.86. The summed E-state index contributed by atoms with van der Waals surface area (Å²) in [4.78, 5) is 36.6. The molecule has 1 atom stereocenters. The number of hydrogen-bond acceptors (Lipinski definition) is 5. The fourth-order valence-corrected chi connectivity index (χ4v) is 2.86. The number of carboxylic acid groups (broad SMARTS) is 1. The first kappa shape index (κ1) is 23.7. The van der Waals surface area contributed by atoms with Crippen molar-refractivity contribution in [1.29, 1.82) is 0 Å². The lowest BCUT2D eigenvalue weighted by Crippen LogP contribution is -2.42. The van der Waals surface area contributed by atoms with Crippen molar-refractivity contribution >= 4 is 18.2 Å². The third kappa shape index (κ3) is 8.77. The van der Waals surface area contributed by atoms with Crippen LogP contribution in [0.15, 0.2) is 60.7 Å². The van der Waals surface area contributed by atoms with Gasteiger partial charge in [-0.3, -0.25) is 4.90 Å². The number of unbranched alkanes of at least 4 members (excludes halogenated alkanes) is 1. The number of amides is 2. The Kier molecular flexibility index (Phi) is 9.87. The number of ether oxygens (including phenoxy) is 2. The molecule has 2 aromatic carbocycles. The van der Waals surface area contributed by atoms with Gasteiger partial charge < -0.3 is 19.9 Å². The molecule has 0 bridgehead atoms. The van der Waals surface area contributed by atoms with Gasteiger partial charge in [-0.25, -0.2) is 14.4 Å². The van der Waals surface area contributed by atoms with Gasteiger partial charge >= 0.3 is 18.2 Å². The topological polar surface area (TPSA) is 105 Å². The fraction of sp³-hybridized carbons (Fsp3) is 0.348. The van der Waals surface area contributed by atoms with E-state index in [1.165, 1.54) is 7.05 Å². The number of carbonyl (C=O) groups excluding carboxylic acids is 2. The van der Waals surface area contributed by atoms with Crippen molar-refractivity contribution in [2.75, 3.05) is 13.6 Å². The number of benzene rings is 2. The van der Waals surface area contributed by atoms with Crippen molar-refractivity contribution in [3.63, 3.8) is 0 Å². The van der Waals surface area contributed by atoms with Crippen molar-refractivity contribution in [2.45, 2.75) is 38.5 Å². The molecule has 0 saturated carbocycles. The number of carboxylic acids is 1. The molecule has 31 heavy (non-hydrogen) atoms. The molecule has 8 nitrogen and oxygen atoms in total. The van der Waals surface area contributed by atoms with E-state index in [0.29, 0.717) is 19.4 Å². The van der Waals surface area contributed by atoms with E-state index < -0.39 is 24.2 Å². The second kappa shape index (κ2) is 12.9. The zero-order chi connectivity index (χ0) is 22.5. The van der Waals surface area contributed by atoms with Gasteiger partial charge in [-0.15, -0.1) is 0 Å². The van der Waals surface area contributed by atoms with Crippen molar-refractivity contribution in [3.05, 3.63) is 71.8 Å². The Hall–Kier alpha value is -3.55. The summed E-state index contributed by atoms with van der Waals surface area (Å²) in [5.41, 5.74) is 1.71. The molecule has 0 radical (unpaired) electrons. The quantitative estimate of drug-likeness (QED) is 0.528. The maximum absolute atomic E-state index is 12.2. The molecule has 0 fully saturated rings. The maximum Gasteiger partial charge on any atom is 0.410 e. The van der Waals surface area contributed by atoms with Crippen LogP contribution in [0.2, 0.25) is 0 Å². The highest BCUT2D eigenvalue weighted by Gasteiger charge is 2.27. The molecular weight excluding hydrogens is 400 g/mol. The molecular formula is C23H28N2O6. The SMILES string of the molecule is CN(C(=O)OCc1ccccc1)[C@H](CCCCNC(=O)OCc1ccccc1)C(=O)O. The number of aliphatic carboxylic acids is 1. The molecule has 0 saturated heterocycles. The summed E-state index contributed by atoms with van der Waals surface area (Å²) >= 11 is 0. The van der Waals surface area contributed by atoms with Gasteiger partial charge in [0.2, 0.25) is 0 Å². The zero-order valence-electron chi connectivity index (χ0n) is 17.5. The summed E-state index contributed by atoms with van der Waals surface area (Å²) in [6, 6.07) is 17.5. The van der Waals surface area contributed by atoms with Gasteiger partial charge in [0.1, 0.15) is 19.3 Å². The van der Waals surface area contributed by atoms with Crippen LogP contribution in [0, 0.1) is 0 Å². The molecule has 166 valence electrons. The van der Waals surface area contributed by atoms with Crippen LogP contribution in [0.4, 0.5) is 9.59 Å². The van der Waals surface area contributed by atoms with Crippen molar-refractivity contribution in [3.8, 4) is 0 Å². The van der Waals surface area contributed by atoms with Crippen LogP contribution in [0.1, 0.15) is 30.4 Å². The van der Waals surface area contributed by atoms with E-state index in [4.69, 9.17) is 9.47 Å². The van der Waals surface area contributed by atoms with E-state index in [9.17, 15) is 19.5 Å². The highest BCUT2D eigenvalue weighted by atomic mass is 16.6. The highest BCUT2D eigenvalue weighted by molar-refractivity contribution is 5.79. The van der Waals surface area contributed by atoms with Crippen molar-refractivity contribution in [1.82, 2.24) is 10.2 Å². The van der Waals surface area contributed by atoms with Crippen LogP contribution < -0.4 is 5.32 Å². The second-order valence-corrected chi connectivity index (χ2v) is 6.99. The molecule has 0 aliphatic rings. The minimum Gasteiger partial charge on any atom is -0.480 e. The van der Waals surface area contributed by atoms with Gasteiger partial charge in [-0.1, -0.05) is 60.7 Å². The molecule has 8 heteroatoms. The minimum atomic E-state index is -1.10. The molecule has 0 aromatic heterocycles. The van der Waals surface area contributed by atoms with Gasteiger partial charge in [0, 0.05) is 13.6 Å². The highest BCUT2D eigenvalue weighted by Crippen LogP contribution is 2.11. The van der Waals surface area contributed by atoms with Crippen LogP contribution in [0.3, 0.4) is 0 Å². The van der Waals surface area contributed by atoms with E-state index in [1.54, 1.807) is 0 Å². The smallest absolute Gasteiger partial charge is 0.410 e. The number of alkyl carbamates (subject to hydrolysis) is 1. The van der Waals surface area contributed by atoms with Gasteiger partial charge in [-0.2, -0.15) is 0 Å². The first-order valence-corrected chi connectivity index (χ1v) is 10.1. The largest absolute Gasteiger partial charge is 0.480 e. The number of carbonyl (C=O) groups is 3. The third-order valence-corrected chi connectivity index (χ3v) is 4.63. The second-order valence-electron chi connectivity index (χ2n) is 6.99. The maximum atomic E-state index is 12.2.